The van der Waals surface area contributed by atoms with Crippen LogP contribution in [0, 0.1) is 0 Å². The van der Waals surface area contributed by atoms with Crippen LogP contribution in [0.4, 0.5) is 0 Å². The molecule has 1 amide bonds. The smallest absolute Gasteiger partial charge is 0.293 e. The van der Waals surface area contributed by atoms with Crippen molar-refractivity contribution in [1.29, 1.82) is 0 Å². The number of benzene rings is 1. The Kier molecular flexibility index (Phi) is 4.77. The maximum atomic E-state index is 12.2. The molecule has 110 valence electrons. The van der Waals surface area contributed by atoms with Crippen molar-refractivity contribution in [2.45, 2.75) is 13.5 Å². The molecule has 0 radical (unpaired) electrons. The quantitative estimate of drug-likeness (QED) is 0.910. The first-order chi connectivity index (χ1) is 10.1. The van der Waals surface area contributed by atoms with Gasteiger partial charge in [-0.05, 0) is 18.6 Å². The van der Waals surface area contributed by atoms with E-state index in [0.717, 1.165) is 5.56 Å². The van der Waals surface area contributed by atoms with Gasteiger partial charge in [0.1, 0.15) is 6.61 Å². The molecule has 1 N–H and O–H groups in total. The van der Waals surface area contributed by atoms with Crippen LogP contribution < -0.4 is 15.6 Å². The molecule has 0 unspecified atom stereocenters. The molecule has 21 heavy (non-hydrogen) atoms. The summed E-state index contributed by atoms with van der Waals surface area (Å²) < 4.78 is 7.00. The Morgan fingerprint density at radius 2 is 1.95 bits per heavy atom. The molecular weight excluding hydrogens is 268 g/mol. The normalized spacial score (nSPS) is 10.2. The van der Waals surface area contributed by atoms with E-state index in [2.05, 4.69) is 5.32 Å². The SMILES string of the molecule is CCNC(=O)c1ccn(C)c(=O)c1OCc1ccccc1. The van der Waals surface area contributed by atoms with E-state index in [-0.39, 0.29) is 29.4 Å². The second-order valence-corrected chi connectivity index (χ2v) is 4.61. The van der Waals surface area contributed by atoms with Crippen LogP contribution >= 0.6 is 0 Å². The zero-order chi connectivity index (χ0) is 15.2. The summed E-state index contributed by atoms with van der Waals surface area (Å²) in [5.41, 5.74) is 0.871. The number of carbonyl (C=O) groups is 1. The van der Waals surface area contributed by atoms with Gasteiger partial charge in [0.25, 0.3) is 11.5 Å². The van der Waals surface area contributed by atoms with Gasteiger partial charge in [-0.2, -0.15) is 0 Å². The molecule has 0 aliphatic carbocycles. The second-order valence-electron chi connectivity index (χ2n) is 4.61. The lowest BCUT2D eigenvalue weighted by Crippen LogP contribution is -2.28. The van der Waals surface area contributed by atoms with E-state index < -0.39 is 0 Å². The zero-order valence-electron chi connectivity index (χ0n) is 12.1. The fourth-order valence-electron chi connectivity index (χ4n) is 1.91. The van der Waals surface area contributed by atoms with E-state index in [0.29, 0.717) is 6.54 Å². The molecule has 0 saturated carbocycles. The topological polar surface area (TPSA) is 60.3 Å². The number of hydrogen-bond acceptors (Lipinski definition) is 3. The Labute approximate surface area is 123 Å². The van der Waals surface area contributed by atoms with Crippen LogP contribution in [-0.2, 0) is 13.7 Å². The molecule has 2 rings (SSSR count). The highest BCUT2D eigenvalue weighted by Gasteiger charge is 2.16. The maximum Gasteiger partial charge on any atom is 0.293 e. The minimum Gasteiger partial charge on any atom is -0.482 e. The fraction of sp³-hybridized carbons (Fsp3) is 0.250. The van der Waals surface area contributed by atoms with Crippen molar-refractivity contribution in [3.8, 4) is 5.75 Å². The third-order valence-corrected chi connectivity index (χ3v) is 3.03. The molecule has 0 saturated heterocycles. The number of aromatic nitrogens is 1. The van der Waals surface area contributed by atoms with Crippen LogP contribution in [0.2, 0.25) is 0 Å². The minimum atomic E-state index is -0.324. The Hall–Kier alpha value is -2.56. The summed E-state index contributed by atoms with van der Waals surface area (Å²) in [6, 6.07) is 11.1. The third-order valence-electron chi connectivity index (χ3n) is 3.03. The molecule has 5 heteroatoms. The fourth-order valence-corrected chi connectivity index (χ4v) is 1.91. The Bertz CT molecular complexity index is 678. The maximum absolute atomic E-state index is 12.2. The standard InChI is InChI=1S/C16H18N2O3/c1-3-17-15(19)13-9-10-18(2)16(20)14(13)21-11-12-7-5-4-6-8-12/h4-10H,3,11H2,1-2H3,(H,17,19). The molecule has 0 atom stereocenters. The largest absolute Gasteiger partial charge is 0.482 e. The number of nitrogens with one attached hydrogen (secondary N) is 1. The number of pyridine rings is 1. The van der Waals surface area contributed by atoms with Crippen LogP contribution in [-0.4, -0.2) is 17.0 Å². The molecule has 5 nitrogen and oxygen atoms in total. The lowest BCUT2D eigenvalue weighted by Gasteiger charge is -2.12. The van der Waals surface area contributed by atoms with Crippen molar-refractivity contribution in [3.63, 3.8) is 0 Å². The summed E-state index contributed by atoms with van der Waals surface area (Å²) in [4.78, 5) is 24.2. The summed E-state index contributed by atoms with van der Waals surface area (Å²) in [6.07, 6.45) is 1.56. The first-order valence-corrected chi connectivity index (χ1v) is 6.78. The van der Waals surface area contributed by atoms with Gasteiger partial charge < -0.3 is 14.6 Å². The summed E-state index contributed by atoms with van der Waals surface area (Å²) >= 11 is 0. The van der Waals surface area contributed by atoms with E-state index in [9.17, 15) is 9.59 Å². The first-order valence-electron chi connectivity index (χ1n) is 6.78. The average Bonchev–Trinajstić information content (AvgIpc) is 2.50. The zero-order valence-corrected chi connectivity index (χ0v) is 12.1. The molecule has 2 aromatic rings. The average molecular weight is 286 g/mol. The van der Waals surface area contributed by atoms with Gasteiger partial charge in [0.05, 0.1) is 5.56 Å². The van der Waals surface area contributed by atoms with E-state index in [1.807, 2.05) is 37.3 Å². The molecule has 0 spiro atoms. The number of ether oxygens (including phenoxy) is 1. The Morgan fingerprint density at radius 3 is 2.62 bits per heavy atom. The minimum absolute atomic E-state index is 0.0785. The van der Waals surface area contributed by atoms with Crippen molar-refractivity contribution in [3.05, 3.63) is 64.1 Å². The van der Waals surface area contributed by atoms with Crippen LogP contribution in [0.25, 0.3) is 0 Å². The van der Waals surface area contributed by atoms with Gasteiger partial charge in [-0.25, -0.2) is 0 Å². The van der Waals surface area contributed by atoms with E-state index in [4.69, 9.17) is 4.74 Å². The summed E-state index contributed by atoms with van der Waals surface area (Å²) in [6.45, 7) is 2.56. The monoisotopic (exact) mass is 286 g/mol. The number of hydrogen-bond donors (Lipinski definition) is 1. The van der Waals surface area contributed by atoms with Gasteiger partial charge in [-0.1, -0.05) is 30.3 Å². The van der Waals surface area contributed by atoms with Crippen LogP contribution in [0.3, 0.4) is 0 Å². The summed E-state index contributed by atoms with van der Waals surface area (Å²) in [7, 11) is 1.62. The molecule has 0 aliphatic heterocycles. The number of carbonyl (C=O) groups excluding carboxylic acids is 1. The third kappa shape index (κ3) is 3.51. The number of amides is 1. The predicted octanol–water partition coefficient (Wildman–Crippen LogP) is 1.71. The number of rotatable bonds is 5. The van der Waals surface area contributed by atoms with Gasteiger partial charge in [0.2, 0.25) is 0 Å². The highest BCUT2D eigenvalue weighted by atomic mass is 16.5. The Morgan fingerprint density at radius 1 is 1.24 bits per heavy atom. The van der Waals surface area contributed by atoms with Gasteiger partial charge >= 0.3 is 0 Å². The molecular formula is C16H18N2O3. The highest BCUT2D eigenvalue weighted by Crippen LogP contribution is 2.14. The van der Waals surface area contributed by atoms with Crippen LogP contribution in [0.15, 0.2) is 47.4 Å². The van der Waals surface area contributed by atoms with Gasteiger partial charge in [0.15, 0.2) is 5.75 Å². The van der Waals surface area contributed by atoms with Crippen molar-refractivity contribution < 1.29 is 9.53 Å². The van der Waals surface area contributed by atoms with Gasteiger partial charge in [0, 0.05) is 19.8 Å². The lowest BCUT2D eigenvalue weighted by atomic mass is 10.2. The van der Waals surface area contributed by atoms with Crippen molar-refractivity contribution >= 4 is 5.91 Å². The number of nitrogens with zero attached hydrogens (tertiary/aromatic N) is 1. The first kappa shape index (κ1) is 14.8. The van der Waals surface area contributed by atoms with Gasteiger partial charge in [-0.3, -0.25) is 9.59 Å². The van der Waals surface area contributed by atoms with Crippen molar-refractivity contribution in [2.24, 2.45) is 7.05 Å². The van der Waals surface area contributed by atoms with Crippen LogP contribution in [0.1, 0.15) is 22.8 Å². The van der Waals surface area contributed by atoms with E-state index >= 15 is 0 Å². The van der Waals surface area contributed by atoms with Crippen molar-refractivity contribution in [1.82, 2.24) is 9.88 Å². The summed E-state index contributed by atoms with van der Waals surface area (Å²) in [5, 5.41) is 2.68. The molecule has 0 bridgehead atoms. The molecule has 0 aliphatic rings. The molecule has 1 heterocycles. The van der Waals surface area contributed by atoms with E-state index in [1.54, 1.807) is 19.3 Å². The Balaban J connectivity index is 2.30. The predicted molar refractivity (Wildman–Crippen MR) is 80.5 cm³/mol. The highest BCUT2D eigenvalue weighted by molar-refractivity contribution is 5.96. The molecule has 0 fully saturated rings. The van der Waals surface area contributed by atoms with Gasteiger partial charge in [-0.15, -0.1) is 0 Å². The lowest BCUT2D eigenvalue weighted by molar-refractivity contribution is 0.0950. The van der Waals surface area contributed by atoms with Crippen LogP contribution in [0.5, 0.6) is 5.75 Å². The summed E-state index contributed by atoms with van der Waals surface area (Å²) in [5.74, 6) is -0.229. The van der Waals surface area contributed by atoms with E-state index in [1.165, 1.54) is 4.57 Å². The van der Waals surface area contributed by atoms with Crippen molar-refractivity contribution in [2.75, 3.05) is 6.54 Å². The second kappa shape index (κ2) is 6.74. The number of aryl methyl sites for hydroxylation is 1. The molecule has 1 aromatic heterocycles. The molecule has 1 aromatic carbocycles.